The summed E-state index contributed by atoms with van der Waals surface area (Å²) in [4.78, 5) is 2.12. The summed E-state index contributed by atoms with van der Waals surface area (Å²) in [5.41, 5.74) is 0. The highest BCUT2D eigenvalue weighted by Crippen LogP contribution is 2.11. The molecule has 1 heterocycles. The highest BCUT2D eigenvalue weighted by molar-refractivity contribution is 4.71. The molecule has 0 aromatic rings. The molecule has 0 aliphatic carbocycles. The normalized spacial score (nSPS) is 27.3. The summed E-state index contributed by atoms with van der Waals surface area (Å²) in [5.74, 6) is 0. The third-order valence-electron chi connectivity index (χ3n) is 2.06. The molecule has 11 heavy (non-hydrogen) atoms. The Labute approximate surface area is 67.3 Å². The molecule has 0 radical (unpaired) electrons. The first-order valence-corrected chi connectivity index (χ1v) is 4.18. The number of alkyl halides is 1. The van der Waals surface area contributed by atoms with Gasteiger partial charge in [0.05, 0.1) is 6.61 Å². The number of piperidine rings is 1. The third kappa shape index (κ3) is 3.16. The van der Waals surface area contributed by atoms with Crippen LogP contribution in [0.3, 0.4) is 0 Å². The molecule has 1 rings (SSSR count). The Hall–Kier alpha value is -0.150. The minimum absolute atomic E-state index is 0.601. The number of likely N-dealkylation sites (tertiary alicyclic amines) is 1. The lowest BCUT2D eigenvalue weighted by Crippen LogP contribution is -2.38. The molecule has 0 N–H and O–H groups in total. The lowest BCUT2D eigenvalue weighted by molar-refractivity contribution is 0.0990. The van der Waals surface area contributed by atoms with Crippen LogP contribution in [0.15, 0.2) is 0 Å². The summed E-state index contributed by atoms with van der Waals surface area (Å²) >= 11 is 0. The third-order valence-corrected chi connectivity index (χ3v) is 2.06. The quantitative estimate of drug-likeness (QED) is 0.614. The van der Waals surface area contributed by atoms with Crippen molar-refractivity contribution < 1.29 is 9.13 Å². The summed E-state index contributed by atoms with van der Waals surface area (Å²) in [6.45, 7) is 3.22. The molecule has 66 valence electrons. The molecule has 0 aromatic carbocycles. The lowest BCUT2D eigenvalue weighted by atomic mass is 10.1. The molecule has 0 saturated carbocycles. The van der Waals surface area contributed by atoms with E-state index in [4.69, 9.17) is 4.74 Å². The number of halogens is 1. The van der Waals surface area contributed by atoms with Gasteiger partial charge in [0.25, 0.3) is 0 Å². The largest absolute Gasteiger partial charge is 0.383 e. The molecule has 0 aromatic heterocycles. The van der Waals surface area contributed by atoms with Gasteiger partial charge in [-0.1, -0.05) is 0 Å². The van der Waals surface area contributed by atoms with Gasteiger partial charge in [0.1, 0.15) is 6.17 Å². The van der Waals surface area contributed by atoms with E-state index in [1.165, 1.54) is 0 Å². The smallest absolute Gasteiger partial charge is 0.113 e. The van der Waals surface area contributed by atoms with Crippen LogP contribution in [0.25, 0.3) is 0 Å². The monoisotopic (exact) mass is 161 g/mol. The van der Waals surface area contributed by atoms with E-state index in [0.29, 0.717) is 13.2 Å². The van der Waals surface area contributed by atoms with Crippen LogP contribution in [0.1, 0.15) is 12.8 Å². The maximum Gasteiger partial charge on any atom is 0.113 e. The summed E-state index contributed by atoms with van der Waals surface area (Å²) in [5, 5.41) is 0. The SMILES string of the molecule is COCCN1CCC[C@@H](F)C1. The van der Waals surface area contributed by atoms with Crippen molar-refractivity contribution in [2.24, 2.45) is 0 Å². The molecule has 1 fully saturated rings. The van der Waals surface area contributed by atoms with E-state index in [-0.39, 0.29) is 0 Å². The van der Waals surface area contributed by atoms with Gasteiger partial charge in [0, 0.05) is 20.2 Å². The molecule has 1 aliphatic heterocycles. The van der Waals surface area contributed by atoms with E-state index in [1.807, 2.05) is 0 Å². The maximum atomic E-state index is 12.8. The van der Waals surface area contributed by atoms with Crippen LogP contribution in [0.4, 0.5) is 4.39 Å². The number of hydrogen-bond acceptors (Lipinski definition) is 2. The molecule has 0 unspecified atom stereocenters. The fourth-order valence-corrected chi connectivity index (χ4v) is 1.42. The number of hydrogen-bond donors (Lipinski definition) is 0. The zero-order chi connectivity index (χ0) is 8.10. The number of rotatable bonds is 3. The van der Waals surface area contributed by atoms with Crippen molar-refractivity contribution in [1.82, 2.24) is 4.90 Å². The molecule has 2 nitrogen and oxygen atoms in total. The fraction of sp³-hybridized carbons (Fsp3) is 1.00. The summed E-state index contributed by atoms with van der Waals surface area (Å²) < 4.78 is 17.7. The second kappa shape index (κ2) is 4.67. The predicted octanol–water partition coefficient (Wildman–Crippen LogP) is 1.07. The van der Waals surface area contributed by atoms with Crippen molar-refractivity contribution in [3.63, 3.8) is 0 Å². The van der Waals surface area contributed by atoms with Gasteiger partial charge in [-0.15, -0.1) is 0 Å². The van der Waals surface area contributed by atoms with Gasteiger partial charge in [-0.3, -0.25) is 4.90 Å². The second-order valence-electron chi connectivity index (χ2n) is 3.03. The van der Waals surface area contributed by atoms with Crippen LogP contribution < -0.4 is 0 Å². The molecular formula is C8H16FNO. The molecule has 0 spiro atoms. The Kier molecular flexibility index (Phi) is 3.80. The fourth-order valence-electron chi connectivity index (χ4n) is 1.42. The van der Waals surface area contributed by atoms with Gasteiger partial charge in [-0.2, -0.15) is 0 Å². The topological polar surface area (TPSA) is 12.5 Å². The van der Waals surface area contributed by atoms with Crippen molar-refractivity contribution in [3.8, 4) is 0 Å². The zero-order valence-corrected chi connectivity index (χ0v) is 7.05. The Balaban J connectivity index is 2.12. The van der Waals surface area contributed by atoms with Crippen LogP contribution in [-0.4, -0.2) is 44.4 Å². The second-order valence-corrected chi connectivity index (χ2v) is 3.03. The molecule has 1 saturated heterocycles. The Morgan fingerprint density at radius 2 is 2.45 bits per heavy atom. The van der Waals surface area contributed by atoms with E-state index >= 15 is 0 Å². The average molecular weight is 161 g/mol. The number of ether oxygens (including phenoxy) is 1. The maximum absolute atomic E-state index is 12.8. The Bertz CT molecular complexity index is 110. The Morgan fingerprint density at radius 3 is 3.09 bits per heavy atom. The minimum atomic E-state index is -0.611. The zero-order valence-electron chi connectivity index (χ0n) is 7.05. The van der Waals surface area contributed by atoms with Crippen molar-refractivity contribution in [2.75, 3.05) is 33.4 Å². The first-order valence-electron chi connectivity index (χ1n) is 4.18. The molecular weight excluding hydrogens is 145 g/mol. The first kappa shape index (κ1) is 8.94. The summed E-state index contributed by atoms with van der Waals surface area (Å²) in [6.07, 6.45) is 1.12. The van der Waals surface area contributed by atoms with Crippen LogP contribution in [0, 0.1) is 0 Å². The van der Waals surface area contributed by atoms with Crippen LogP contribution in [0.5, 0.6) is 0 Å². The van der Waals surface area contributed by atoms with Gasteiger partial charge in [-0.05, 0) is 19.4 Å². The lowest BCUT2D eigenvalue weighted by Gasteiger charge is -2.28. The molecule has 0 amide bonds. The van der Waals surface area contributed by atoms with Crippen LogP contribution in [0.2, 0.25) is 0 Å². The van der Waals surface area contributed by atoms with E-state index in [2.05, 4.69) is 4.90 Å². The highest BCUT2D eigenvalue weighted by atomic mass is 19.1. The highest BCUT2D eigenvalue weighted by Gasteiger charge is 2.17. The van der Waals surface area contributed by atoms with Gasteiger partial charge in [-0.25, -0.2) is 4.39 Å². The van der Waals surface area contributed by atoms with E-state index in [1.54, 1.807) is 7.11 Å². The minimum Gasteiger partial charge on any atom is -0.383 e. The molecule has 1 atom stereocenters. The van der Waals surface area contributed by atoms with E-state index in [0.717, 1.165) is 25.9 Å². The van der Waals surface area contributed by atoms with Gasteiger partial charge >= 0.3 is 0 Å². The van der Waals surface area contributed by atoms with Crippen molar-refractivity contribution in [2.45, 2.75) is 19.0 Å². The first-order chi connectivity index (χ1) is 5.33. The predicted molar refractivity (Wildman–Crippen MR) is 42.4 cm³/mol. The van der Waals surface area contributed by atoms with Crippen LogP contribution in [-0.2, 0) is 4.74 Å². The van der Waals surface area contributed by atoms with Gasteiger partial charge < -0.3 is 4.74 Å². The van der Waals surface area contributed by atoms with Gasteiger partial charge in [0.15, 0.2) is 0 Å². The average Bonchev–Trinajstić information content (AvgIpc) is 2.01. The summed E-state index contributed by atoms with van der Waals surface area (Å²) in [7, 11) is 1.68. The van der Waals surface area contributed by atoms with Crippen molar-refractivity contribution in [3.05, 3.63) is 0 Å². The Morgan fingerprint density at radius 1 is 1.64 bits per heavy atom. The molecule has 1 aliphatic rings. The number of nitrogens with zero attached hydrogens (tertiary/aromatic N) is 1. The van der Waals surface area contributed by atoms with Crippen LogP contribution >= 0.6 is 0 Å². The van der Waals surface area contributed by atoms with E-state index < -0.39 is 6.17 Å². The standard InChI is InChI=1S/C8H16FNO/c1-11-6-5-10-4-2-3-8(9)7-10/h8H,2-7H2,1H3/t8-/m1/s1. The van der Waals surface area contributed by atoms with Crippen molar-refractivity contribution >= 4 is 0 Å². The molecule has 0 bridgehead atoms. The van der Waals surface area contributed by atoms with Gasteiger partial charge in [0.2, 0.25) is 0 Å². The molecule has 3 heteroatoms. The number of methoxy groups -OCH3 is 1. The van der Waals surface area contributed by atoms with E-state index in [9.17, 15) is 4.39 Å². The van der Waals surface area contributed by atoms with Crippen molar-refractivity contribution in [1.29, 1.82) is 0 Å². The summed E-state index contributed by atoms with van der Waals surface area (Å²) in [6, 6.07) is 0.